The third kappa shape index (κ3) is 77.2. The highest BCUT2D eigenvalue weighted by Crippen LogP contribution is 2.21. The van der Waals surface area contributed by atoms with Gasteiger partial charge in [0.2, 0.25) is 5.91 Å². The molecule has 2 unspecified atom stereocenters. The van der Waals surface area contributed by atoms with Crippen molar-refractivity contribution in [3.63, 3.8) is 0 Å². The van der Waals surface area contributed by atoms with E-state index in [0.29, 0.717) is 19.4 Å². The lowest BCUT2D eigenvalue weighted by atomic mass is 10.0. The van der Waals surface area contributed by atoms with Gasteiger partial charge in [-0.15, -0.1) is 0 Å². The molecule has 0 bridgehead atoms. The van der Waals surface area contributed by atoms with Crippen LogP contribution in [0.15, 0.2) is 24.3 Å². The number of esters is 1. The highest BCUT2D eigenvalue weighted by atomic mass is 16.5. The Morgan fingerprint density at radius 1 is 0.297 bits per heavy atom. The van der Waals surface area contributed by atoms with Crippen LogP contribution in [0.25, 0.3) is 0 Å². The molecule has 0 aromatic carbocycles. The summed E-state index contributed by atoms with van der Waals surface area (Å²) in [7, 11) is 0. The van der Waals surface area contributed by atoms with Crippen LogP contribution in [0.2, 0.25) is 0 Å². The number of amides is 1. The number of unbranched alkanes of at least 4 members (excludes halogenated alkanes) is 67. The second-order valence-corrected chi connectivity index (χ2v) is 29.2. The number of rotatable bonds is 80. The van der Waals surface area contributed by atoms with Crippen LogP contribution in [-0.4, -0.2) is 47.4 Å². The van der Waals surface area contributed by atoms with Crippen LogP contribution >= 0.6 is 0 Å². The van der Waals surface area contributed by atoms with Gasteiger partial charge < -0.3 is 20.3 Å². The second-order valence-electron chi connectivity index (χ2n) is 29.2. The molecule has 0 radical (unpaired) electrons. The molecule has 0 aliphatic carbocycles. The Balaban J connectivity index is 3.29. The van der Waals surface area contributed by atoms with Gasteiger partial charge in [0.15, 0.2) is 0 Å². The number of nitrogens with one attached hydrogen (secondary N) is 1. The van der Waals surface area contributed by atoms with Gasteiger partial charge in [-0.2, -0.15) is 0 Å². The molecule has 0 fully saturated rings. The molecule has 0 rings (SSSR count). The highest BCUT2D eigenvalue weighted by molar-refractivity contribution is 5.76. The fraction of sp³-hybridized carbons (Fsp3) is 0.929. The van der Waals surface area contributed by atoms with Gasteiger partial charge in [0, 0.05) is 12.8 Å². The molecular weight excluding hydrogens is 1110 g/mol. The smallest absolute Gasteiger partial charge is 0.305 e. The van der Waals surface area contributed by atoms with Crippen LogP contribution in [-0.2, 0) is 14.3 Å². The molecule has 0 heterocycles. The fourth-order valence-electron chi connectivity index (χ4n) is 13.6. The van der Waals surface area contributed by atoms with Crippen LogP contribution in [0.1, 0.15) is 483 Å². The van der Waals surface area contributed by atoms with Gasteiger partial charge in [-0.1, -0.05) is 436 Å². The van der Waals surface area contributed by atoms with Crippen LogP contribution < -0.4 is 5.32 Å². The summed E-state index contributed by atoms with van der Waals surface area (Å²) in [5.41, 5.74) is 0. The minimum atomic E-state index is -0.840. The zero-order valence-electron chi connectivity index (χ0n) is 62.1. The van der Waals surface area contributed by atoms with E-state index in [1.54, 1.807) is 6.08 Å². The summed E-state index contributed by atoms with van der Waals surface area (Å²) < 4.78 is 5.52. The number of hydrogen-bond donors (Lipinski definition) is 3. The van der Waals surface area contributed by atoms with Crippen LogP contribution in [0, 0.1) is 0 Å². The third-order valence-electron chi connectivity index (χ3n) is 20.0. The SMILES string of the molecule is CCCCCCCC/C=C\CCCCCCCCCCCC(=O)OCCCCCCCCCCCCCCCCCCCCCCCCCCCCCCCCCCCCCCCCCC(=O)NC(CO)C(O)/C=C/CCCCCCCCCCCCCCCC. The van der Waals surface area contributed by atoms with Gasteiger partial charge in [-0.3, -0.25) is 9.59 Å². The summed E-state index contributed by atoms with van der Waals surface area (Å²) >= 11 is 0. The molecule has 0 saturated heterocycles. The first-order chi connectivity index (χ1) is 45.0. The Labute approximate surface area is 571 Å². The zero-order valence-corrected chi connectivity index (χ0v) is 62.1. The minimum Gasteiger partial charge on any atom is -0.466 e. The normalized spacial score (nSPS) is 12.5. The molecule has 0 aromatic rings. The number of ether oxygens (including phenoxy) is 1. The quantitative estimate of drug-likeness (QED) is 0.0320. The molecule has 6 heteroatoms. The standard InChI is InChI=1S/C85H165NO5/c1-3-5-7-9-11-13-15-17-19-21-43-47-51-55-59-63-67-71-75-79-85(90)91-80-76-72-68-64-60-56-52-48-45-42-40-38-36-34-32-30-28-26-24-22-23-25-27-29-31-33-35-37-39-41-44-46-50-54-58-62-66-70-74-78-84(89)86-82(81-87)83(88)77-73-69-65-61-57-53-49-20-18-16-14-12-10-8-6-4-2/h17,19,73,77,82-83,87-88H,3-16,18,20-72,74-76,78-81H2,1-2H3,(H,86,89)/b19-17-,77-73+. The summed E-state index contributed by atoms with van der Waals surface area (Å²) in [4.78, 5) is 24.7. The van der Waals surface area contributed by atoms with Gasteiger partial charge in [0.05, 0.1) is 25.4 Å². The number of carbonyl (C=O) groups is 2. The first-order valence-electron chi connectivity index (χ1n) is 42.1. The van der Waals surface area contributed by atoms with Crippen LogP contribution in [0.5, 0.6) is 0 Å². The van der Waals surface area contributed by atoms with Crippen molar-refractivity contribution in [2.75, 3.05) is 13.2 Å². The Bertz CT molecular complexity index is 1430. The molecule has 0 aliphatic heterocycles. The van der Waals surface area contributed by atoms with Crippen molar-refractivity contribution in [3.8, 4) is 0 Å². The van der Waals surface area contributed by atoms with E-state index in [4.69, 9.17) is 4.74 Å². The summed E-state index contributed by atoms with van der Waals surface area (Å²) in [6.45, 7) is 4.95. The molecule has 0 aromatic heterocycles. The van der Waals surface area contributed by atoms with E-state index in [2.05, 4.69) is 31.3 Å². The molecule has 0 spiro atoms. The van der Waals surface area contributed by atoms with E-state index in [1.165, 1.54) is 417 Å². The Morgan fingerprint density at radius 2 is 0.516 bits per heavy atom. The average molecular weight is 1280 g/mol. The number of aliphatic hydroxyl groups excluding tert-OH is 2. The minimum absolute atomic E-state index is 0.0245. The van der Waals surface area contributed by atoms with E-state index >= 15 is 0 Å². The summed E-state index contributed by atoms with van der Waals surface area (Å²) in [5, 5.41) is 23.2. The topological polar surface area (TPSA) is 95.9 Å². The third-order valence-corrected chi connectivity index (χ3v) is 20.0. The summed E-state index contributed by atoms with van der Waals surface area (Å²) in [5.74, 6) is -0.0336. The molecule has 1 amide bonds. The van der Waals surface area contributed by atoms with Crippen LogP contribution in [0.4, 0.5) is 0 Å². The predicted molar refractivity (Wildman–Crippen MR) is 403 cm³/mol. The van der Waals surface area contributed by atoms with Crippen LogP contribution in [0.3, 0.4) is 0 Å². The number of hydrogen-bond acceptors (Lipinski definition) is 5. The first-order valence-corrected chi connectivity index (χ1v) is 42.1. The zero-order chi connectivity index (χ0) is 65.6. The van der Waals surface area contributed by atoms with Crippen molar-refractivity contribution in [1.82, 2.24) is 5.32 Å². The molecule has 0 saturated carbocycles. The lowest BCUT2D eigenvalue weighted by molar-refractivity contribution is -0.143. The number of aliphatic hydroxyl groups is 2. The highest BCUT2D eigenvalue weighted by Gasteiger charge is 2.18. The monoisotopic (exact) mass is 1280 g/mol. The van der Waals surface area contributed by atoms with E-state index in [1.807, 2.05) is 6.08 Å². The number of carbonyl (C=O) groups excluding carboxylic acids is 2. The van der Waals surface area contributed by atoms with Gasteiger partial charge in [0.1, 0.15) is 0 Å². The molecular formula is C85H165NO5. The molecule has 540 valence electrons. The largest absolute Gasteiger partial charge is 0.466 e. The fourth-order valence-corrected chi connectivity index (χ4v) is 13.6. The summed E-state index contributed by atoms with van der Waals surface area (Å²) in [6, 6.07) is -0.623. The van der Waals surface area contributed by atoms with Crippen molar-refractivity contribution >= 4 is 11.9 Å². The maximum atomic E-state index is 12.5. The average Bonchev–Trinajstić information content (AvgIpc) is 3.67. The van der Waals surface area contributed by atoms with Gasteiger partial charge in [0.25, 0.3) is 0 Å². The van der Waals surface area contributed by atoms with E-state index in [-0.39, 0.29) is 18.5 Å². The molecule has 6 nitrogen and oxygen atoms in total. The van der Waals surface area contributed by atoms with E-state index in [9.17, 15) is 19.8 Å². The first kappa shape index (κ1) is 89.3. The molecule has 91 heavy (non-hydrogen) atoms. The Hall–Kier alpha value is -1.66. The van der Waals surface area contributed by atoms with E-state index in [0.717, 1.165) is 38.5 Å². The van der Waals surface area contributed by atoms with Crippen molar-refractivity contribution in [3.05, 3.63) is 24.3 Å². The van der Waals surface area contributed by atoms with E-state index < -0.39 is 12.1 Å². The lowest BCUT2D eigenvalue weighted by Crippen LogP contribution is -2.45. The Kier molecular flexibility index (Phi) is 79.3. The van der Waals surface area contributed by atoms with Crippen molar-refractivity contribution in [2.24, 2.45) is 0 Å². The number of allylic oxidation sites excluding steroid dienone is 3. The van der Waals surface area contributed by atoms with Gasteiger partial charge >= 0.3 is 5.97 Å². The predicted octanol–water partition coefficient (Wildman–Crippen LogP) is 28.0. The molecule has 3 N–H and O–H groups in total. The lowest BCUT2D eigenvalue weighted by Gasteiger charge is -2.20. The van der Waals surface area contributed by atoms with Gasteiger partial charge in [-0.05, 0) is 57.8 Å². The van der Waals surface area contributed by atoms with Crippen molar-refractivity contribution in [2.45, 2.75) is 495 Å². The molecule has 2 atom stereocenters. The van der Waals surface area contributed by atoms with Crippen molar-refractivity contribution < 1.29 is 24.5 Å². The maximum Gasteiger partial charge on any atom is 0.305 e. The second kappa shape index (κ2) is 80.8. The maximum absolute atomic E-state index is 12.5. The Morgan fingerprint density at radius 3 is 0.780 bits per heavy atom. The van der Waals surface area contributed by atoms with Gasteiger partial charge in [-0.25, -0.2) is 0 Å². The summed E-state index contributed by atoms with van der Waals surface area (Å²) in [6.07, 6.45) is 105. The van der Waals surface area contributed by atoms with Crippen molar-refractivity contribution in [1.29, 1.82) is 0 Å². The molecule has 0 aliphatic rings.